The van der Waals surface area contributed by atoms with Gasteiger partial charge in [0.2, 0.25) is 0 Å². The van der Waals surface area contributed by atoms with Crippen LogP contribution in [-0.2, 0) is 0 Å². The molecular weight excluding hydrogens is 172 g/mol. The second-order valence-electron chi connectivity index (χ2n) is 4.20. The monoisotopic (exact) mass is 190 g/mol. The van der Waals surface area contributed by atoms with Crippen molar-refractivity contribution < 1.29 is 0 Å². The first kappa shape index (κ1) is 9.50. The fourth-order valence-corrected chi connectivity index (χ4v) is 1.86. The van der Waals surface area contributed by atoms with E-state index in [9.17, 15) is 0 Å². The first-order chi connectivity index (χ1) is 6.84. The average molecular weight is 190 g/mol. The lowest BCUT2D eigenvalue weighted by atomic mass is 9.83. The minimum Gasteiger partial charge on any atom is -0.385 e. The zero-order chi connectivity index (χ0) is 9.80. The minimum atomic E-state index is 0.991. The zero-order valence-electron chi connectivity index (χ0n) is 8.79. The highest BCUT2D eigenvalue weighted by Crippen LogP contribution is 2.29. The van der Waals surface area contributed by atoms with E-state index in [4.69, 9.17) is 0 Å². The van der Waals surface area contributed by atoms with Gasteiger partial charge in [-0.15, -0.1) is 0 Å². The molecule has 0 spiro atoms. The molecule has 76 valence electrons. The smallest absolute Gasteiger partial charge is 0.0393 e. The van der Waals surface area contributed by atoms with Crippen LogP contribution in [0.5, 0.6) is 0 Å². The molecule has 1 aromatic heterocycles. The molecule has 0 unspecified atom stereocenters. The molecule has 0 amide bonds. The number of aromatic nitrogens is 1. The molecule has 2 heteroatoms. The van der Waals surface area contributed by atoms with Crippen molar-refractivity contribution >= 4 is 5.69 Å². The highest BCUT2D eigenvalue weighted by molar-refractivity contribution is 5.42. The summed E-state index contributed by atoms with van der Waals surface area (Å²) in [5.74, 6) is 0.991. The van der Waals surface area contributed by atoms with Gasteiger partial charge in [0.15, 0.2) is 0 Å². The Labute approximate surface area is 85.7 Å². The number of hydrogen-bond acceptors (Lipinski definition) is 2. The maximum atomic E-state index is 4.17. The van der Waals surface area contributed by atoms with Crippen LogP contribution in [0.1, 0.15) is 31.4 Å². The summed E-state index contributed by atoms with van der Waals surface area (Å²) < 4.78 is 0. The topological polar surface area (TPSA) is 24.9 Å². The van der Waals surface area contributed by atoms with Crippen LogP contribution in [-0.4, -0.2) is 11.5 Å². The molecule has 1 N–H and O–H groups in total. The van der Waals surface area contributed by atoms with Crippen molar-refractivity contribution in [3.8, 4) is 0 Å². The summed E-state index contributed by atoms with van der Waals surface area (Å²) in [6.07, 6.45) is 7.51. The van der Waals surface area contributed by atoms with Crippen molar-refractivity contribution in [1.29, 1.82) is 0 Å². The van der Waals surface area contributed by atoms with Crippen molar-refractivity contribution in [3.05, 3.63) is 24.0 Å². The first-order valence-corrected chi connectivity index (χ1v) is 5.51. The van der Waals surface area contributed by atoms with E-state index in [1.807, 2.05) is 19.2 Å². The minimum absolute atomic E-state index is 0.991. The summed E-state index contributed by atoms with van der Waals surface area (Å²) in [6, 6.07) is 4.13. The summed E-state index contributed by atoms with van der Waals surface area (Å²) in [5.41, 5.74) is 2.29. The third-order valence-electron chi connectivity index (χ3n) is 3.00. The van der Waals surface area contributed by atoms with Crippen LogP contribution in [0.15, 0.2) is 18.3 Å². The quantitative estimate of drug-likeness (QED) is 0.789. The maximum Gasteiger partial charge on any atom is 0.0393 e. The van der Waals surface area contributed by atoms with Gasteiger partial charge in [-0.2, -0.15) is 0 Å². The fraction of sp³-hybridized carbons (Fsp3) is 0.583. The van der Waals surface area contributed by atoms with E-state index in [1.165, 1.54) is 31.4 Å². The van der Waals surface area contributed by atoms with Gasteiger partial charge in [-0.3, -0.25) is 4.98 Å². The molecule has 0 radical (unpaired) electrons. The zero-order valence-corrected chi connectivity index (χ0v) is 8.79. The van der Waals surface area contributed by atoms with Gasteiger partial charge in [0, 0.05) is 24.1 Å². The molecule has 1 fully saturated rings. The number of anilines is 1. The lowest BCUT2D eigenvalue weighted by molar-refractivity contribution is 0.303. The molecule has 0 aliphatic heterocycles. The standard InChI is InChI=1S/C12H18N2/c1-10-9-12(6-8-13-10)14-7-5-11-3-2-4-11/h6,8-9,11H,2-5,7H2,1H3,(H,13,14). The van der Waals surface area contributed by atoms with Crippen LogP contribution in [0, 0.1) is 12.8 Å². The number of hydrogen-bond donors (Lipinski definition) is 1. The van der Waals surface area contributed by atoms with E-state index in [0.717, 1.165) is 18.2 Å². The highest BCUT2D eigenvalue weighted by Gasteiger charge is 2.16. The Balaban J connectivity index is 1.74. The van der Waals surface area contributed by atoms with Gasteiger partial charge in [-0.05, 0) is 31.4 Å². The molecule has 1 aromatic rings. The van der Waals surface area contributed by atoms with Crippen molar-refractivity contribution in [2.24, 2.45) is 5.92 Å². The van der Waals surface area contributed by atoms with Crippen molar-refractivity contribution in [2.45, 2.75) is 32.6 Å². The van der Waals surface area contributed by atoms with E-state index in [-0.39, 0.29) is 0 Å². The van der Waals surface area contributed by atoms with E-state index < -0.39 is 0 Å². The van der Waals surface area contributed by atoms with Gasteiger partial charge in [0.05, 0.1) is 0 Å². The van der Waals surface area contributed by atoms with Gasteiger partial charge in [0.25, 0.3) is 0 Å². The van der Waals surface area contributed by atoms with E-state index in [1.54, 1.807) is 0 Å². The molecule has 2 nitrogen and oxygen atoms in total. The van der Waals surface area contributed by atoms with E-state index in [0.29, 0.717) is 0 Å². The van der Waals surface area contributed by atoms with Crippen LogP contribution < -0.4 is 5.32 Å². The lowest BCUT2D eigenvalue weighted by Gasteiger charge is -2.25. The Bertz CT molecular complexity index is 292. The number of nitrogens with one attached hydrogen (secondary N) is 1. The molecule has 1 heterocycles. The third-order valence-corrected chi connectivity index (χ3v) is 3.00. The Hall–Kier alpha value is -1.05. The molecule has 0 bridgehead atoms. The predicted molar refractivity (Wildman–Crippen MR) is 59.4 cm³/mol. The van der Waals surface area contributed by atoms with E-state index >= 15 is 0 Å². The molecule has 1 saturated carbocycles. The molecular formula is C12H18N2. The van der Waals surface area contributed by atoms with Crippen LogP contribution in [0.2, 0.25) is 0 Å². The summed E-state index contributed by atoms with van der Waals surface area (Å²) in [5, 5.41) is 3.44. The highest BCUT2D eigenvalue weighted by atomic mass is 14.9. The molecule has 1 aliphatic carbocycles. The third kappa shape index (κ3) is 2.47. The fourth-order valence-electron chi connectivity index (χ4n) is 1.86. The molecule has 0 saturated heterocycles. The second-order valence-corrected chi connectivity index (χ2v) is 4.20. The van der Waals surface area contributed by atoms with Gasteiger partial charge in [0.1, 0.15) is 0 Å². The normalized spacial score (nSPS) is 16.4. The van der Waals surface area contributed by atoms with Crippen molar-refractivity contribution in [1.82, 2.24) is 4.98 Å². The Morgan fingerprint density at radius 3 is 3.00 bits per heavy atom. The molecule has 14 heavy (non-hydrogen) atoms. The van der Waals surface area contributed by atoms with Crippen molar-refractivity contribution in [3.63, 3.8) is 0 Å². The van der Waals surface area contributed by atoms with Crippen LogP contribution in [0.4, 0.5) is 5.69 Å². The van der Waals surface area contributed by atoms with Crippen LogP contribution in [0.3, 0.4) is 0 Å². The van der Waals surface area contributed by atoms with Gasteiger partial charge >= 0.3 is 0 Å². The van der Waals surface area contributed by atoms with Gasteiger partial charge < -0.3 is 5.32 Å². The SMILES string of the molecule is Cc1cc(NCCC2CCC2)ccn1. The van der Waals surface area contributed by atoms with Gasteiger partial charge in [-0.25, -0.2) is 0 Å². The van der Waals surface area contributed by atoms with Crippen molar-refractivity contribution in [2.75, 3.05) is 11.9 Å². The molecule has 0 atom stereocenters. The molecule has 1 aliphatic rings. The summed E-state index contributed by atoms with van der Waals surface area (Å²) >= 11 is 0. The maximum absolute atomic E-state index is 4.17. The summed E-state index contributed by atoms with van der Waals surface area (Å²) in [7, 11) is 0. The average Bonchev–Trinajstić information content (AvgIpc) is 2.09. The largest absolute Gasteiger partial charge is 0.385 e. The number of rotatable bonds is 4. The van der Waals surface area contributed by atoms with Gasteiger partial charge in [-0.1, -0.05) is 19.3 Å². The van der Waals surface area contributed by atoms with E-state index in [2.05, 4.69) is 16.4 Å². The molecule has 0 aromatic carbocycles. The summed E-state index contributed by atoms with van der Waals surface area (Å²) in [4.78, 5) is 4.17. The first-order valence-electron chi connectivity index (χ1n) is 5.51. The van der Waals surface area contributed by atoms with Crippen LogP contribution in [0.25, 0.3) is 0 Å². The second kappa shape index (κ2) is 4.45. The number of aryl methyl sites for hydroxylation is 1. The Morgan fingerprint density at radius 1 is 1.50 bits per heavy atom. The Morgan fingerprint density at radius 2 is 2.36 bits per heavy atom. The van der Waals surface area contributed by atoms with Crippen LogP contribution >= 0.6 is 0 Å². The molecule has 2 rings (SSSR count). The Kier molecular flexibility index (Phi) is 3.02. The number of nitrogens with zero attached hydrogens (tertiary/aromatic N) is 1. The summed E-state index contributed by atoms with van der Waals surface area (Å²) in [6.45, 7) is 3.13. The predicted octanol–water partition coefficient (Wildman–Crippen LogP) is 2.99. The lowest BCUT2D eigenvalue weighted by Crippen LogP contribution is -2.15. The number of pyridine rings is 1.